The first-order valence-corrected chi connectivity index (χ1v) is 5.40. The number of pyridine rings is 2. The minimum atomic E-state index is -0.554. The van der Waals surface area contributed by atoms with Crippen molar-refractivity contribution < 1.29 is 4.92 Å². The maximum atomic E-state index is 11.6. The van der Waals surface area contributed by atoms with Gasteiger partial charge in [-0.15, -0.1) is 0 Å². The van der Waals surface area contributed by atoms with Crippen LogP contribution >= 0.6 is 11.6 Å². The molecule has 0 atom stereocenters. The van der Waals surface area contributed by atoms with Crippen molar-refractivity contribution in [2.45, 2.75) is 6.54 Å². The highest BCUT2D eigenvalue weighted by Crippen LogP contribution is 2.09. The Morgan fingerprint density at radius 2 is 2.11 bits per heavy atom. The first kappa shape index (κ1) is 12.3. The van der Waals surface area contributed by atoms with Gasteiger partial charge in [0.15, 0.2) is 0 Å². The van der Waals surface area contributed by atoms with Gasteiger partial charge in [0.05, 0.1) is 23.4 Å². The van der Waals surface area contributed by atoms with Crippen LogP contribution in [0.2, 0.25) is 5.15 Å². The molecule has 0 aliphatic heterocycles. The minimum Gasteiger partial charge on any atom is -0.303 e. The third kappa shape index (κ3) is 2.72. The average Bonchev–Trinajstić information content (AvgIpc) is 2.31. The minimum absolute atomic E-state index is 0.140. The zero-order chi connectivity index (χ0) is 13.1. The average molecular weight is 266 g/mol. The zero-order valence-electron chi connectivity index (χ0n) is 9.12. The lowest BCUT2D eigenvalue weighted by atomic mass is 10.3. The Labute approximate surface area is 107 Å². The van der Waals surface area contributed by atoms with E-state index in [9.17, 15) is 14.9 Å². The molecule has 0 radical (unpaired) electrons. The van der Waals surface area contributed by atoms with Crippen LogP contribution in [0.25, 0.3) is 0 Å². The van der Waals surface area contributed by atoms with Crippen LogP contribution in [0.5, 0.6) is 0 Å². The Morgan fingerprint density at radius 3 is 2.78 bits per heavy atom. The fraction of sp³-hybridized carbons (Fsp3) is 0.0909. The predicted molar refractivity (Wildman–Crippen MR) is 65.7 cm³/mol. The molecule has 0 aromatic carbocycles. The van der Waals surface area contributed by atoms with Gasteiger partial charge < -0.3 is 4.57 Å². The van der Waals surface area contributed by atoms with Crippen molar-refractivity contribution in [1.29, 1.82) is 0 Å². The molecule has 0 N–H and O–H groups in total. The van der Waals surface area contributed by atoms with Crippen molar-refractivity contribution >= 4 is 17.3 Å². The van der Waals surface area contributed by atoms with Gasteiger partial charge in [0.1, 0.15) is 5.15 Å². The van der Waals surface area contributed by atoms with Crippen LogP contribution < -0.4 is 5.56 Å². The highest BCUT2D eigenvalue weighted by molar-refractivity contribution is 6.29. The summed E-state index contributed by atoms with van der Waals surface area (Å²) in [6, 6.07) is 7.33. The van der Waals surface area contributed by atoms with E-state index in [2.05, 4.69) is 4.98 Å². The van der Waals surface area contributed by atoms with Gasteiger partial charge >= 0.3 is 0 Å². The molecule has 2 heterocycles. The maximum absolute atomic E-state index is 11.6. The highest BCUT2D eigenvalue weighted by Gasteiger charge is 2.08. The summed E-state index contributed by atoms with van der Waals surface area (Å²) < 4.78 is 1.22. The number of hydrogen-bond acceptors (Lipinski definition) is 4. The molecule has 0 amide bonds. The van der Waals surface area contributed by atoms with Gasteiger partial charge in [-0.1, -0.05) is 17.7 Å². The van der Waals surface area contributed by atoms with Gasteiger partial charge in [-0.3, -0.25) is 14.9 Å². The first-order valence-electron chi connectivity index (χ1n) is 5.02. The van der Waals surface area contributed by atoms with E-state index in [1.165, 1.54) is 16.8 Å². The summed E-state index contributed by atoms with van der Waals surface area (Å²) in [7, 11) is 0. The largest absolute Gasteiger partial charge is 0.303 e. The molecule has 0 aliphatic carbocycles. The summed E-state index contributed by atoms with van der Waals surface area (Å²) in [5, 5.41) is 10.9. The van der Waals surface area contributed by atoms with Crippen molar-refractivity contribution in [2.75, 3.05) is 0 Å². The number of aromatic nitrogens is 2. The molecule has 0 spiro atoms. The summed E-state index contributed by atoms with van der Waals surface area (Å²) in [4.78, 5) is 25.7. The van der Waals surface area contributed by atoms with Crippen LogP contribution in [-0.2, 0) is 6.54 Å². The topological polar surface area (TPSA) is 78.0 Å². The second-order valence-electron chi connectivity index (χ2n) is 3.56. The lowest BCUT2D eigenvalue weighted by Gasteiger charge is -2.04. The third-order valence-electron chi connectivity index (χ3n) is 2.28. The van der Waals surface area contributed by atoms with Crippen molar-refractivity contribution in [2.24, 2.45) is 0 Å². The second-order valence-corrected chi connectivity index (χ2v) is 3.95. The molecule has 7 heteroatoms. The van der Waals surface area contributed by atoms with Crippen LogP contribution in [0.3, 0.4) is 0 Å². The summed E-state index contributed by atoms with van der Waals surface area (Å²) >= 11 is 5.73. The van der Waals surface area contributed by atoms with Gasteiger partial charge in [0, 0.05) is 12.1 Å². The van der Waals surface area contributed by atoms with Crippen molar-refractivity contribution in [3.63, 3.8) is 0 Å². The molecule has 18 heavy (non-hydrogen) atoms. The van der Waals surface area contributed by atoms with E-state index in [1.54, 1.807) is 18.2 Å². The van der Waals surface area contributed by atoms with E-state index in [0.29, 0.717) is 10.8 Å². The normalized spacial score (nSPS) is 10.3. The van der Waals surface area contributed by atoms with E-state index in [4.69, 9.17) is 11.6 Å². The van der Waals surface area contributed by atoms with Crippen LogP contribution in [0.1, 0.15) is 5.69 Å². The lowest BCUT2D eigenvalue weighted by molar-refractivity contribution is -0.385. The smallest absolute Gasteiger partial charge is 0.285 e. The van der Waals surface area contributed by atoms with E-state index in [1.807, 2.05) is 0 Å². The summed E-state index contributed by atoms with van der Waals surface area (Å²) in [6.07, 6.45) is 1.19. The molecular weight excluding hydrogens is 258 g/mol. The van der Waals surface area contributed by atoms with Crippen LogP contribution in [0.15, 0.2) is 41.3 Å². The Bertz CT molecular complexity index is 654. The third-order valence-corrected chi connectivity index (χ3v) is 2.49. The van der Waals surface area contributed by atoms with Crippen molar-refractivity contribution in [1.82, 2.24) is 9.55 Å². The summed E-state index contributed by atoms with van der Waals surface area (Å²) in [6.45, 7) is 0.140. The Kier molecular flexibility index (Phi) is 3.38. The van der Waals surface area contributed by atoms with Gasteiger partial charge in [0.25, 0.3) is 11.2 Å². The van der Waals surface area contributed by atoms with Gasteiger partial charge in [-0.25, -0.2) is 4.98 Å². The molecule has 2 aromatic heterocycles. The molecular formula is C11H8ClN3O3. The van der Waals surface area contributed by atoms with E-state index in [0.717, 1.165) is 6.07 Å². The fourth-order valence-corrected chi connectivity index (χ4v) is 1.64. The number of rotatable bonds is 3. The van der Waals surface area contributed by atoms with Crippen LogP contribution in [0.4, 0.5) is 5.69 Å². The highest BCUT2D eigenvalue weighted by atomic mass is 35.5. The predicted octanol–water partition coefficient (Wildman–Crippen LogP) is 1.85. The number of nitro groups is 1. The molecule has 0 saturated carbocycles. The van der Waals surface area contributed by atoms with Crippen molar-refractivity contribution in [3.8, 4) is 0 Å². The Morgan fingerprint density at radius 1 is 1.33 bits per heavy atom. The van der Waals surface area contributed by atoms with E-state index in [-0.39, 0.29) is 17.8 Å². The Balaban J connectivity index is 2.37. The summed E-state index contributed by atoms with van der Waals surface area (Å²) in [5.41, 5.74) is 0.0871. The van der Waals surface area contributed by atoms with Crippen LogP contribution in [0, 0.1) is 10.1 Å². The molecule has 0 bridgehead atoms. The molecule has 2 aromatic rings. The number of hydrogen-bond donors (Lipinski definition) is 0. The number of halogens is 1. The SMILES string of the molecule is O=c1ccc([N+](=O)[O-])cn1Cc1cccc(Cl)n1. The van der Waals surface area contributed by atoms with Crippen molar-refractivity contribution in [3.05, 3.63) is 67.8 Å². The number of nitrogens with zero attached hydrogens (tertiary/aromatic N) is 3. The summed E-state index contributed by atoms with van der Waals surface area (Å²) in [5.74, 6) is 0. The molecule has 92 valence electrons. The molecule has 0 fully saturated rings. The lowest BCUT2D eigenvalue weighted by Crippen LogP contribution is -2.19. The molecule has 6 nitrogen and oxygen atoms in total. The zero-order valence-corrected chi connectivity index (χ0v) is 9.87. The van der Waals surface area contributed by atoms with E-state index < -0.39 is 4.92 Å². The molecule has 2 rings (SSSR count). The Hall–Kier alpha value is -2.21. The van der Waals surface area contributed by atoms with Gasteiger partial charge in [-0.2, -0.15) is 0 Å². The molecule has 0 saturated heterocycles. The molecule has 0 unspecified atom stereocenters. The fourth-order valence-electron chi connectivity index (χ4n) is 1.46. The second kappa shape index (κ2) is 4.97. The van der Waals surface area contributed by atoms with Crippen LogP contribution in [-0.4, -0.2) is 14.5 Å². The van der Waals surface area contributed by atoms with Gasteiger partial charge in [0.2, 0.25) is 0 Å². The molecule has 0 aliphatic rings. The monoisotopic (exact) mass is 265 g/mol. The van der Waals surface area contributed by atoms with Gasteiger partial charge in [-0.05, 0) is 12.1 Å². The maximum Gasteiger partial charge on any atom is 0.285 e. The van der Waals surface area contributed by atoms with E-state index >= 15 is 0 Å². The first-order chi connectivity index (χ1) is 8.56. The standard InChI is InChI=1S/C11H8ClN3O3/c12-10-3-1-2-8(13-10)6-14-7-9(15(17)18)4-5-11(14)16/h1-5,7H,6H2. The quantitative estimate of drug-likeness (QED) is 0.482.